The van der Waals surface area contributed by atoms with Crippen LogP contribution in [0.4, 0.5) is 4.39 Å². The van der Waals surface area contributed by atoms with Crippen molar-refractivity contribution in [2.24, 2.45) is 0 Å². The van der Waals surface area contributed by atoms with Gasteiger partial charge in [0.1, 0.15) is 12.4 Å². The first-order valence-electron chi connectivity index (χ1n) is 11.4. The average Bonchev–Trinajstić information content (AvgIpc) is 3.07. The van der Waals surface area contributed by atoms with Gasteiger partial charge in [0.2, 0.25) is 0 Å². The monoisotopic (exact) mass is 454 g/mol. The van der Waals surface area contributed by atoms with E-state index in [4.69, 9.17) is 16.3 Å². The Labute approximate surface area is 193 Å². The number of carbonyl (C=O) groups excluding carboxylic acids is 1. The molecule has 168 valence electrons. The largest absolute Gasteiger partial charge is 0.456 e. The Morgan fingerprint density at radius 2 is 1.84 bits per heavy atom. The maximum absolute atomic E-state index is 15.2. The zero-order chi connectivity index (χ0) is 22.5. The van der Waals surface area contributed by atoms with Gasteiger partial charge in [0, 0.05) is 12.1 Å². The fraction of sp³-hybridized carbons (Fsp3) is 0.385. The van der Waals surface area contributed by atoms with Crippen molar-refractivity contribution in [2.45, 2.75) is 64.4 Å². The summed E-state index contributed by atoms with van der Waals surface area (Å²) in [5.41, 5.74) is 2.30. The van der Waals surface area contributed by atoms with Gasteiger partial charge in [-0.25, -0.2) is 14.2 Å². The van der Waals surface area contributed by atoms with Gasteiger partial charge >= 0.3 is 5.97 Å². The molecule has 0 unspecified atom stereocenters. The normalized spacial score (nSPS) is 14.8. The van der Waals surface area contributed by atoms with E-state index < -0.39 is 11.8 Å². The third kappa shape index (κ3) is 4.88. The third-order valence-electron chi connectivity index (χ3n) is 6.15. The summed E-state index contributed by atoms with van der Waals surface area (Å²) >= 11 is 6.14. The van der Waals surface area contributed by atoms with Crippen LogP contribution in [0.3, 0.4) is 0 Å². The van der Waals surface area contributed by atoms with E-state index in [0.717, 1.165) is 42.6 Å². The molecule has 4 nitrogen and oxygen atoms in total. The van der Waals surface area contributed by atoms with E-state index in [1.54, 1.807) is 16.8 Å². The molecular weight excluding hydrogens is 427 g/mol. The quantitative estimate of drug-likeness (QED) is 0.297. The molecule has 2 aromatic carbocycles. The van der Waals surface area contributed by atoms with Crippen LogP contribution in [-0.2, 0) is 17.8 Å². The summed E-state index contributed by atoms with van der Waals surface area (Å²) in [4.78, 5) is 17.5. The second-order valence-corrected chi connectivity index (χ2v) is 8.73. The van der Waals surface area contributed by atoms with Crippen molar-refractivity contribution in [3.63, 3.8) is 0 Å². The highest BCUT2D eigenvalue weighted by Gasteiger charge is 2.26. The zero-order valence-electron chi connectivity index (χ0n) is 18.3. The fourth-order valence-corrected chi connectivity index (χ4v) is 4.57. The van der Waals surface area contributed by atoms with E-state index >= 15 is 4.39 Å². The number of nitrogens with zero attached hydrogens (tertiary/aromatic N) is 2. The molecule has 3 aromatic rings. The van der Waals surface area contributed by atoms with Gasteiger partial charge in [0.05, 0.1) is 10.7 Å². The summed E-state index contributed by atoms with van der Waals surface area (Å²) in [6.45, 7) is 2.14. The lowest BCUT2D eigenvalue weighted by molar-refractivity contribution is 0.0466. The number of rotatable bonds is 6. The van der Waals surface area contributed by atoms with Crippen LogP contribution in [0.2, 0.25) is 5.02 Å². The Kier molecular flexibility index (Phi) is 7.26. The number of halogens is 2. The molecule has 6 heteroatoms. The van der Waals surface area contributed by atoms with E-state index in [1.165, 1.54) is 12.8 Å². The van der Waals surface area contributed by atoms with Gasteiger partial charge < -0.3 is 4.74 Å². The molecule has 0 bridgehead atoms. The first-order chi connectivity index (χ1) is 15.6. The molecule has 0 amide bonds. The van der Waals surface area contributed by atoms with Crippen LogP contribution in [0.15, 0.2) is 48.7 Å². The second kappa shape index (κ2) is 10.3. The molecule has 1 fully saturated rings. The molecule has 1 saturated carbocycles. The van der Waals surface area contributed by atoms with Gasteiger partial charge in [0.15, 0.2) is 11.5 Å². The Bertz CT molecular complexity index is 1070. The summed E-state index contributed by atoms with van der Waals surface area (Å²) in [6.07, 6.45) is 8.77. The Hall–Kier alpha value is -2.66. The maximum atomic E-state index is 15.2. The number of aromatic nitrogens is 2. The third-order valence-corrected chi connectivity index (χ3v) is 6.44. The van der Waals surface area contributed by atoms with Crippen LogP contribution in [-0.4, -0.2) is 15.5 Å². The number of hydrogen-bond donors (Lipinski definition) is 0. The molecule has 1 aliphatic carbocycles. The van der Waals surface area contributed by atoms with Crippen molar-refractivity contribution in [3.8, 4) is 5.69 Å². The minimum absolute atomic E-state index is 0.0610. The van der Waals surface area contributed by atoms with E-state index in [9.17, 15) is 4.79 Å². The number of benzene rings is 2. The van der Waals surface area contributed by atoms with Crippen LogP contribution >= 0.6 is 11.6 Å². The lowest BCUT2D eigenvalue weighted by Gasteiger charge is -2.19. The Morgan fingerprint density at radius 1 is 1.12 bits per heavy atom. The second-order valence-electron chi connectivity index (χ2n) is 8.33. The minimum Gasteiger partial charge on any atom is -0.456 e. The van der Waals surface area contributed by atoms with Crippen molar-refractivity contribution in [1.29, 1.82) is 0 Å². The topological polar surface area (TPSA) is 44.1 Å². The van der Waals surface area contributed by atoms with Crippen LogP contribution in [0.5, 0.6) is 0 Å². The van der Waals surface area contributed by atoms with Gasteiger partial charge in [-0.3, -0.25) is 4.57 Å². The summed E-state index contributed by atoms with van der Waals surface area (Å²) in [6, 6.07) is 12.9. The number of aryl methyl sites for hydroxylation is 1. The molecule has 0 atom stereocenters. The molecule has 0 N–H and O–H groups in total. The van der Waals surface area contributed by atoms with Crippen LogP contribution in [0.1, 0.15) is 78.8 Å². The Morgan fingerprint density at radius 3 is 2.53 bits per heavy atom. The first-order valence-corrected chi connectivity index (χ1v) is 11.7. The number of ether oxygens (including phenoxy) is 1. The zero-order valence-corrected chi connectivity index (χ0v) is 19.1. The van der Waals surface area contributed by atoms with Gasteiger partial charge in [-0.1, -0.05) is 80.6 Å². The summed E-state index contributed by atoms with van der Waals surface area (Å²) in [5.74, 6) is -0.115. The lowest BCUT2D eigenvalue weighted by Crippen LogP contribution is -2.11. The molecule has 32 heavy (non-hydrogen) atoms. The van der Waals surface area contributed by atoms with E-state index in [1.807, 2.05) is 43.3 Å². The predicted octanol–water partition coefficient (Wildman–Crippen LogP) is 7.02. The fourth-order valence-electron chi connectivity index (χ4n) is 4.42. The van der Waals surface area contributed by atoms with Gasteiger partial charge in [-0.15, -0.1) is 0 Å². The first kappa shape index (κ1) is 22.5. The van der Waals surface area contributed by atoms with Crippen molar-refractivity contribution in [2.75, 3.05) is 0 Å². The SMILES string of the molecule is CCc1ccc(Cl)c(F)c1-n1cc(C(=O)OCc2ccccc2)nc1C1CCCCCC1. The minimum atomic E-state index is -0.511. The summed E-state index contributed by atoms with van der Waals surface area (Å²) in [7, 11) is 0. The number of hydrogen-bond acceptors (Lipinski definition) is 3. The molecule has 1 aliphatic rings. The highest BCUT2D eigenvalue weighted by Crippen LogP contribution is 2.35. The van der Waals surface area contributed by atoms with Crippen LogP contribution in [0.25, 0.3) is 5.69 Å². The van der Waals surface area contributed by atoms with E-state index in [-0.39, 0.29) is 23.2 Å². The van der Waals surface area contributed by atoms with Crippen LogP contribution < -0.4 is 0 Å². The molecule has 0 saturated heterocycles. The summed E-state index contributed by atoms with van der Waals surface area (Å²) < 4.78 is 22.5. The molecule has 4 rings (SSSR count). The number of imidazole rings is 1. The lowest BCUT2D eigenvalue weighted by atomic mass is 9.99. The van der Waals surface area contributed by atoms with E-state index in [0.29, 0.717) is 12.1 Å². The standard InChI is InChI=1S/C26H28ClFN2O2/c1-2-19-14-15-21(27)23(28)24(19)30-16-22(26(31)32-17-18-10-6-5-7-11-18)29-25(30)20-12-8-3-4-9-13-20/h5-7,10-11,14-16,20H,2-4,8-9,12-13,17H2,1H3. The van der Waals surface area contributed by atoms with Crippen molar-refractivity contribution >= 4 is 17.6 Å². The number of carbonyl (C=O) groups is 1. The van der Waals surface area contributed by atoms with Crippen molar-refractivity contribution in [3.05, 3.63) is 82.1 Å². The highest BCUT2D eigenvalue weighted by atomic mass is 35.5. The van der Waals surface area contributed by atoms with Crippen molar-refractivity contribution < 1.29 is 13.9 Å². The smallest absolute Gasteiger partial charge is 0.358 e. The van der Waals surface area contributed by atoms with Gasteiger partial charge in [0.25, 0.3) is 0 Å². The van der Waals surface area contributed by atoms with Crippen molar-refractivity contribution in [1.82, 2.24) is 9.55 Å². The van der Waals surface area contributed by atoms with E-state index in [2.05, 4.69) is 4.98 Å². The molecule has 0 aliphatic heterocycles. The average molecular weight is 455 g/mol. The molecule has 0 spiro atoms. The molecule has 1 aromatic heterocycles. The predicted molar refractivity (Wildman–Crippen MR) is 124 cm³/mol. The van der Waals surface area contributed by atoms with Gasteiger partial charge in [-0.05, 0) is 36.5 Å². The molecule has 1 heterocycles. The molecular formula is C26H28ClFN2O2. The molecule has 0 radical (unpaired) electrons. The Balaban J connectivity index is 1.72. The highest BCUT2D eigenvalue weighted by molar-refractivity contribution is 6.31. The maximum Gasteiger partial charge on any atom is 0.358 e. The van der Waals surface area contributed by atoms with Crippen LogP contribution in [0, 0.1) is 5.82 Å². The number of esters is 1. The van der Waals surface area contributed by atoms with Gasteiger partial charge in [-0.2, -0.15) is 0 Å². The summed E-state index contributed by atoms with van der Waals surface area (Å²) in [5, 5.41) is 0.0610.